The first-order valence-electron chi connectivity index (χ1n) is 12.5. The number of nitrogens with zero attached hydrogens (tertiary/aromatic N) is 7. The number of anilines is 2. The van der Waals surface area contributed by atoms with Crippen molar-refractivity contribution in [1.29, 1.82) is 0 Å². The number of piperazine rings is 1. The number of amides is 3. The van der Waals surface area contributed by atoms with Gasteiger partial charge >= 0.3 is 6.09 Å². The number of pyridine rings is 1. The van der Waals surface area contributed by atoms with Crippen molar-refractivity contribution in [3.05, 3.63) is 66.0 Å². The summed E-state index contributed by atoms with van der Waals surface area (Å²) < 4.78 is 50.9. The molecule has 0 radical (unpaired) electrons. The quantitative estimate of drug-likeness (QED) is 0.434. The second-order valence-electron chi connectivity index (χ2n) is 9.35. The summed E-state index contributed by atoms with van der Waals surface area (Å²) in [6.45, 7) is 2.34. The van der Waals surface area contributed by atoms with E-state index in [1.165, 1.54) is 45.9 Å². The molecule has 12 nitrogen and oxygen atoms in total. The number of hydrogen-bond acceptors (Lipinski definition) is 8. The van der Waals surface area contributed by atoms with E-state index < -0.39 is 47.6 Å². The Morgan fingerprint density at radius 2 is 1.85 bits per heavy atom. The molecule has 0 saturated carbocycles. The monoisotopic (exact) mass is 558 g/mol. The normalized spacial score (nSPS) is 18.1. The highest BCUT2D eigenvalue weighted by Gasteiger charge is 2.35. The van der Waals surface area contributed by atoms with Crippen LogP contribution in [0.3, 0.4) is 0 Å². The summed E-state index contributed by atoms with van der Waals surface area (Å²) in [6, 6.07) is 3.85. The lowest BCUT2D eigenvalue weighted by Gasteiger charge is -2.37. The molecule has 1 aromatic carbocycles. The van der Waals surface area contributed by atoms with Gasteiger partial charge in [0.05, 0.1) is 30.5 Å². The minimum absolute atomic E-state index is 0.0215. The average molecular weight is 559 g/mol. The third-order valence-electron chi connectivity index (χ3n) is 6.68. The number of nitrogens with one attached hydrogen (secondary N) is 1. The van der Waals surface area contributed by atoms with E-state index in [2.05, 4.69) is 20.6 Å². The highest BCUT2D eigenvalue weighted by atomic mass is 19.1. The number of cyclic esters (lactones) is 1. The maximum Gasteiger partial charge on any atom is 0.414 e. The smallest absolute Gasteiger partial charge is 0.414 e. The molecule has 3 amide bonds. The predicted molar refractivity (Wildman–Crippen MR) is 134 cm³/mol. The molecule has 2 saturated heterocycles. The fourth-order valence-corrected chi connectivity index (χ4v) is 4.69. The number of carbonyl (C=O) groups excluding carboxylic acids is 3. The van der Waals surface area contributed by atoms with Crippen LogP contribution in [-0.2, 0) is 16.1 Å². The van der Waals surface area contributed by atoms with E-state index in [9.17, 15) is 18.8 Å². The standard InChI is InChI=1S/C25H25F3N8O4/c1-15(31-23(37)18-3-2-4-29-22(18)28)24(38)34-9-7-33(8-10-34)21-19(26)11-16(12-20(21)27)36-14-17(40-25(36)39)13-35-6-5-30-32-35/h2-6,11-12,15,17H,7-10,13-14H2,1H3,(H,31,37)/t15-,17-/m0/s1. The van der Waals surface area contributed by atoms with E-state index in [0.29, 0.717) is 0 Å². The second kappa shape index (κ2) is 11.2. The van der Waals surface area contributed by atoms with Crippen LogP contribution >= 0.6 is 0 Å². The fourth-order valence-electron chi connectivity index (χ4n) is 4.69. The van der Waals surface area contributed by atoms with Gasteiger partial charge in [0.1, 0.15) is 17.8 Å². The Hall–Kier alpha value is -4.69. The fraction of sp³-hybridized carbons (Fsp3) is 0.360. The molecule has 210 valence electrons. The lowest BCUT2D eigenvalue weighted by Crippen LogP contribution is -2.54. The summed E-state index contributed by atoms with van der Waals surface area (Å²) in [5.41, 5.74) is -0.529. The number of benzene rings is 1. The zero-order chi connectivity index (χ0) is 28.4. The molecule has 40 heavy (non-hydrogen) atoms. The van der Waals surface area contributed by atoms with E-state index in [-0.39, 0.29) is 56.2 Å². The van der Waals surface area contributed by atoms with Crippen molar-refractivity contribution in [2.45, 2.75) is 25.6 Å². The molecule has 0 bridgehead atoms. The summed E-state index contributed by atoms with van der Waals surface area (Å²) >= 11 is 0. The molecule has 2 fully saturated rings. The number of ether oxygens (including phenoxy) is 1. The lowest BCUT2D eigenvalue weighted by atomic mass is 10.1. The van der Waals surface area contributed by atoms with Gasteiger partial charge in [-0.25, -0.2) is 23.2 Å². The first-order chi connectivity index (χ1) is 19.2. The first kappa shape index (κ1) is 26.9. The first-order valence-corrected chi connectivity index (χ1v) is 12.5. The zero-order valence-electron chi connectivity index (χ0n) is 21.3. The molecule has 0 aliphatic carbocycles. The van der Waals surface area contributed by atoms with Gasteiger partial charge in [0.2, 0.25) is 11.9 Å². The van der Waals surface area contributed by atoms with Crippen LogP contribution in [0.25, 0.3) is 0 Å². The third-order valence-corrected chi connectivity index (χ3v) is 6.68. The van der Waals surface area contributed by atoms with Gasteiger partial charge in [-0.3, -0.25) is 14.5 Å². The molecule has 1 N–H and O–H groups in total. The van der Waals surface area contributed by atoms with Gasteiger partial charge in [0.15, 0.2) is 11.6 Å². The van der Waals surface area contributed by atoms with Crippen molar-refractivity contribution >= 4 is 29.3 Å². The summed E-state index contributed by atoms with van der Waals surface area (Å²) in [5, 5.41) is 9.96. The van der Waals surface area contributed by atoms with E-state index in [0.717, 1.165) is 17.0 Å². The van der Waals surface area contributed by atoms with Gasteiger partial charge in [-0.2, -0.15) is 4.39 Å². The van der Waals surface area contributed by atoms with Crippen LogP contribution in [0.1, 0.15) is 17.3 Å². The number of halogens is 3. The average Bonchev–Trinajstić information content (AvgIpc) is 3.57. The van der Waals surface area contributed by atoms with Crippen molar-refractivity contribution in [3.63, 3.8) is 0 Å². The molecule has 0 spiro atoms. The highest BCUT2D eigenvalue weighted by molar-refractivity contribution is 5.97. The zero-order valence-corrected chi connectivity index (χ0v) is 21.3. The Balaban J connectivity index is 1.19. The molecular formula is C25H25F3N8O4. The minimum atomic E-state index is -0.958. The minimum Gasteiger partial charge on any atom is -0.442 e. The Morgan fingerprint density at radius 1 is 1.12 bits per heavy atom. The van der Waals surface area contributed by atoms with E-state index in [4.69, 9.17) is 4.74 Å². The maximum absolute atomic E-state index is 15.2. The Morgan fingerprint density at radius 3 is 2.50 bits per heavy atom. The SMILES string of the molecule is C[C@H](NC(=O)c1cccnc1F)C(=O)N1CCN(c2c(F)cc(N3C[C@H](Cn4ccnn4)OC3=O)cc2F)CC1. The number of hydrogen-bond donors (Lipinski definition) is 1. The van der Waals surface area contributed by atoms with Crippen molar-refractivity contribution < 1.29 is 32.3 Å². The predicted octanol–water partition coefficient (Wildman–Crippen LogP) is 1.58. The van der Waals surface area contributed by atoms with Crippen LogP contribution in [0.4, 0.5) is 29.3 Å². The third kappa shape index (κ3) is 5.53. The van der Waals surface area contributed by atoms with Crippen LogP contribution in [0.2, 0.25) is 0 Å². The van der Waals surface area contributed by atoms with Crippen LogP contribution in [0.5, 0.6) is 0 Å². The van der Waals surface area contributed by atoms with E-state index in [1.807, 2.05) is 0 Å². The van der Waals surface area contributed by atoms with Gasteiger partial charge in [-0.05, 0) is 19.1 Å². The summed E-state index contributed by atoms with van der Waals surface area (Å²) in [7, 11) is 0. The highest BCUT2D eigenvalue weighted by Crippen LogP contribution is 2.31. The Labute approximate surface area is 226 Å². The van der Waals surface area contributed by atoms with Crippen LogP contribution < -0.4 is 15.1 Å². The molecule has 2 aromatic heterocycles. The molecular weight excluding hydrogens is 533 g/mol. The van der Waals surface area contributed by atoms with Crippen LogP contribution in [0.15, 0.2) is 42.9 Å². The Kier molecular flexibility index (Phi) is 7.53. The molecule has 0 unspecified atom stereocenters. The number of rotatable bonds is 7. The molecule has 2 aliphatic heterocycles. The second-order valence-corrected chi connectivity index (χ2v) is 9.35. The maximum atomic E-state index is 15.2. The van der Waals surface area contributed by atoms with Crippen molar-refractivity contribution in [2.75, 3.05) is 42.5 Å². The number of carbonyl (C=O) groups is 3. The van der Waals surface area contributed by atoms with Gasteiger partial charge < -0.3 is 19.9 Å². The number of aromatic nitrogens is 4. The molecule has 3 aromatic rings. The molecule has 5 rings (SSSR count). The molecule has 4 heterocycles. The van der Waals surface area contributed by atoms with Gasteiger partial charge in [0, 0.05) is 50.7 Å². The summed E-state index contributed by atoms with van der Waals surface area (Å²) in [6.07, 6.45) is 3.01. The van der Waals surface area contributed by atoms with Crippen molar-refractivity contribution in [1.82, 2.24) is 30.2 Å². The van der Waals surface area contributed by atoms with Gasteiger partial charge in [0.25, 0.3) is 5.91 Å². The largest absolute Gasteiger partial charge is 0.442 e. The summed E-state index contributed by atoms with van der Waals surface area (Å²) in [5.74, 6) is -3.86. The van der Waals surface area contributed by atoms with E-state index >= 15 is 8.78 Å². The van der Waals surface area contributed by atoms with Gasteiger partial charge in [-0.15, -0.1) is 5.10 Å². The van der Waals surface area contributed by atoms with Gasteiger partial charge in [-0.1, -0.05) is 5.21 Å². The van der Waals surface area contributed by atoms with Crippen LogP contribution in [-0.4, -0.2) is 87.7 Å². The summed E-state index contributed by atoms with van der Waals surface area (Å²) in [4.78, 5) is 45.0. The molecule has 2 aliphatic rings. The Bertz CT molecular complexity index is 1390. The molecule has 15 heteroatoms. The molecule has 2 atom stereocenters. The topological polar surface area (TPSA) is 126 Å². The van der Waals surface area contributed by atoms with E-state index in [1.54, 1.807) is 6.20 Å². The van der Waals surface area contributed by atoms with Crippen LogP contribution in [0, 0.1) is 17.6 Å². The lowest BCUT2D eigenvalue weighted by molar-refractivity contribution is -0.133. The van der Waals surface area contributed by atoms with Crippen molar-refractivity contribution in [3.8, 4) is 0 Å². The van der Waals surface area contributed by atoms with Crippen molar-refractivity contribution in [2.24, 2.45) is 0 Å².